The molecule has 1 aromatic heterocycles. The molecule has 1 aliphatic rings. The number of hydrogen-bond acceptors (Lipinski definition) is 4. The van der Waals surface area contributed by atoms with Crippen molar-refractivity contribution >= 4 is 22.7 Å². The van der Waals surface area contributed by atoms with Gasteiger partial charge in [-0.2, -0.15) is 0 Å². The zero-order chi connectivity index (χ0) is 11.0. The fourth-order valence-corrected chi connectivity index (χ4v) is 1.96. The van der Waals surface area contributed by atoms with Gasteiger partial charge < -0.3 is 14.5 Å². The minimum absolute atomic E-state index is 0.0416. The molecule has 1 N–H and O–H groups in total. The Kier molecular flexibility index (Phi) is 2.55. The topological polar surface area (TPSA) is 47.3 Å². The van der Waals surface area contributed by atoms with Crippen molar-refractivity contribution in [3.63, 3.8) is 0 Å². The number of morpholine rings is 1. The first-order valence-corrected chi connectivity index (χ1v) is 5.58. The largest absolute Gasteiger partial charge is 0.439 e. The van der Waals surface area contributed by atoms with Crippen molar-refractivity contribution in [2.24, 2.45) is 0 Å². The maximum absolute atomic E-state index is 5.89. The Hall–Kier alpha value is -1.10. The molecule has 1 atom stereocenters. The van der Waals surface area contributed by atoms with E-state index in [1.165, 1.54) is 0 Å². The lowest BCUT2D eigenvalue weighted by Crippen LogP contribution is -2.34. The van der Waals surface area contributed by atoms with E-state index in [-0.39, 0.29) is 6.04 Å². The number of nitrogens with zero attached hydrogens (tertiary/aromatic N) is 1. The Morgan fingerprint density at radius 1 is 1.44 bits per heavy atom. The fourth-order valence-electron chi connectivity index (χ4n) is 1.79. The predicted molar refractivity (Wildman–Crippen MR) is 60.6 cm³/mol. The maximum Gasteiger partial charge on any atom is 0.215 e. The number of halogens is 1. The number of oxazole rings is 1. The van der Waals surface area contributed by atoms with Crippen LogP contribution in [-0.2, 0) is 4.74 Å². The number of hydrogen-bond donors (Lipinski definition) is 1. The number of aromatic nitrogens is 1. The summed E-state index contributed by atoms with van der Waals surface area (Å²) in [6.07, 6.45) is 0. The summed E-state index contributed by atoms with van der Waals surface area (Å²) in [5, 5.41) is 3.96. The third kappa shape index (κ3) is 1.80. The molecule has 0 bridgehead atoms. The molecule has 4 nitrogen and oxygen atoms in total. The van der Waals surface area contributed by atoms with Crippen LogP contribution in [-0.4, -0.2) is 24.7 Å². The Morgan fingerprint density at radius 3 is 3.19 bits per heavy atom. The van der Waals surface area contributed by atoms with E-state index >= 15 is 0 Å². The van der Waals surface area contributed by atoms with E-state index < -0.39 is 0 Å². The van der Waals surface area contributed by atoms with Crippen molar-refractivity contribution in [2.45, 2.75) is 6.04 Å². The van der Waals surface area contributed by atoms with Crippen LogP contribution in [0.15, 0.2) is 22.6 Å². The normalized spacial score (nSPS) is 21.4. The van der Waals surface area contributed by atoms with Crippen molar-refractivity contribution in [3.8, 4) is 0 Å². The molecule has 0 spiro atoms. The first-order valence-electron chi connectivity index (χ1n) is 5.20. The Labute approximate surface area is 97.5 Å². The molecule has 2 heterocycles. The molecule has 1 aliphatic heterocycles. The van der Waals surface area contributed by atoms with Gasteiger partial charge in [-0.25, -0.2) is 4.98 Å². The smallest absolute Gasteiger partial charge is 0.215 e. The van der Waals surface area contributed by atoms with E-state index in [2.05, 4.69) is 10.3 Å². The van der Waals surface area contributed by atoms with Gasteiger partial charge in [-0.05, 0) is 18.2 Å². The van der Waals surface area contributed by atoms with Gasteiger partial charge >= 0.3 is 0 Å². The summed E-state index contributed by atoms with van der Waals surface area (Å²) in [5.41, 5.74) is 1.54. The Balaban J connectivity index is 1.97. The molecule has 1 saturated heterocycles. The molecular formula is C11H11ClN2O2. The van der Waals surface area contributed by atoms with E-state index in [1.807, 2.05) is 6.07 Å². The zero-order valence-electron chi connectivity index (χ0n) is 8.57. The lowest BCUT2D eigenvalue weighted by atomic mass is 10.3. The van der Waals surface area contributed by atoms with Gasteiger partial charge in [-0.15, -0.1) is 0 Å². The highest BCUT2D eigenvalue weighted by molar-refractivity contribution is 6.31. The number of rotatable bonds is 1. The van der Waals surface area contributed by atoms with Gasteiger partial charge in [-0.3, -0.25) is 0 Å². The molecule has 3 rings (SSSR count). The highest BCUT2D eigenvalue weighted by Crippen LogP contribution is 2.23. The van der Waals surface area contributed by atoms with Crippen LogP contribution in [0.2, 0.25) is 5.02 Å². The number of ether oxygens (including phenoxy) is 1. The molecule has 16 heavy (non-hydrogen) atoms. The fraction of sp³-hybridized carbons (Fsp3) is 0.364. The summed E-state index contributed by atoms with van der Waals surface area (Å²) in [5.74, 6) is 0.664. The monoisotopic (exact) mass is 238 g/mol. The highest BCUT2D eigenvalue weighted by Gasteiger charge is 2.20. The molecule has 5 heteroatoms. The SMILES string of the molecule is Clc1ccc2oc(C3COCCN3)nc2c1. The summed E-state index contributed by atoms with van der Waals surface area (Å²) >= 11 is 5.89. The van der Waals surface area contributed by atoms with Crippen LogP contribution in [0.4, 0.5) is 0 Å². The molecule has 1 fully saturated rings. The molecule has 1 aromatic carbocycles. The van der Waals surface area contributed by atoms with Crippen molar-refractivity contribution in [3.05, 3.63) is 29.1 Å². The second-order valence-electron chi connectivity index (χ2n) is 3.75. The third-order valence-corrected chi connectivity index (χ3v) is 2.82. The van der Waals surface area contributed by atoms with Crippen LogP contribution in [0.3, 0.4) is 0 Å². The van der Waals surface area contributed by atoms with E-state index in [4.69, 9.17) is 20.8 Å². The quantitative estimate of drug-likeness (QED) is 0.827. The van der Waals surface area contributed by atoms with Gasteiger partial charge in [0.05, 0.1) is 13.2 Å². The van der Waals surface area contributed by atoms with Crippen LogP contribution in [0.5, 0.6) is 0 Å². The maximum atomic E-state index is 5.89. The first kappa shape index (κ1) is 10.1. The lowest BCUT2D eigenvalue weighted by Gasteiger charge is -2.20. The van der Waals surface area contributed by atoms with Crippen molar-refractivity contribution in [2.75, 3.05) is 19.8 Å². The molecule has 0 radical (unpaired) electrons. The van der Waals surface area contributed by atoms with E-state index in [0.717, 1.165) is 24.3 Å². The second-order valence-corrected chi connectivity index (χ2v) is 4.18. The number of nitrogens with one attached hydrogen (secondary N) is 1. The summed E-state index contributed by atoms with van der Waals surface area (Å²) in [6, 6.07) is 5.47. The zero-order valence-corrected chi connectivity index (χ0v) is 9.33. The van der Waals surface area contributed by atoms with Gasteiger partial charge in [0.25, 0.3) is 0 Å². The van der Waals surface area contributed by atoms with Crippen molar-refractivity contribution in [1.82, 2.24) is 10.3 Å². The minimum atomic E-state index is 0.0416. The Morgan fingerprint density at radius 2 is 2.38 bits per heavy atom. The number of fused-ring (bicyclic) bond motifs is 1. The average molecular weight is 239 g/mol. The van der Waals surface area contributed by atoms with Gasteiger partial charge in [-0.1, -0.05) is 11.6 Å². The summed E-state index contributed by atoms with van der Waals surface area (Å²) < 4.78 is 11.0. The van der Waals surface area contributed by atoms with Crippen LogP contribution in [0, 0.1) is 0 Å². The second kappa shape index (κ2) is 4.05. The molecule has 1 unspecified atom stereocenters. The van der Waals surface area contributed by atoms with Crippen LogP contribution in [0.25, 0.3) is 11.1 Å². The third-order valence-electron chi connectivity index (χ3n) is 2.59. The van der Waals surface area contributed by atoms with Gasteiger partial charge in [0.1, 0.15) is 11.6 Å². The lowest BCUT2D eigenvalue weighted by molar-refractivity contribution is 0.0687. The number of benzene rings is 1. The predicted octanol–water partition coefficient (Wildman–Crippen LogP) is 2.14. The molecular weight excluding hydrogens is 228 g/mol. The van der Waals surface area contributed by atoms with Gasteiger partial charge in [0.15, 0.2) is 5.58 Å². The van der Waals surface area contributed by atoms with Crippen molar-refractivity contribution < 1.29 is 9.15 Å². The molecule has 0 aliphatic carbocycles. The summed E-state index contributed by atoms with van der Waals surface area (Å²) in [7, 11) is 0. The van der Waals surface area contributed by atoms with E-state index in [0.29, 0.717) is 17.5 Å². The van der Waals surface area contributed by atoms with Crippen LogP contribution < -0.4 is 5.32 Å². The van der Waals surface area contributed by atoms with Gasteiger partial charge in [0, 0.05) is 11.6 Å². The standard InChI is InChI=1S/C11H11ClN2O2/c12-7-1-2-10-8(5-7)14-11(16-10)9-6-15-4-3-13-9/h1-2,5,9,13H,3-4,6H2. The van der Waals surface area contributed by atoms with Crippen molar-refractivity contribution in [1.29, 1.82) is 0 Å². The minimum Gasteiger partial charge on any atom is -0.439 e. The molecule has 2 aromatic rings. The van der Waals surface area contributed by atoms with Crippen LogP contribution in [0.1, 0.15) is 11.9 Å². The summed E-state index contributed by atoms with van der Waals surface area (Å²) in [4.78, 5) is 4.40. The first-order chi connectivity index (χ1) is 7.83. The average Bonchev–Trinajstić information content (AvgIpc) is 2.73. The van der Waals surface area contributed by atoms with Gasteiger partial charge in [0.2, 0.25) is 5.89 Å². The Bertz CT molecular complexity index is 506. The van der Waals surface area contributed by atoms with E-state index in [9.17, 15) is 0 Å². The van der Waals surface area contributed by atoms with E-state index in [1.54, 1.807) is 12.1 Å². The molecule has 0 amide bonds. The van der Waals surface area contributed by atoms with Crippen LogP contribution >= 0.6 is 11.6 Å². The molecule has 0 saturated carbocycles. The highest BCUT2D eigenvalue weighted by atomic mass is 35.5. The summed E-state index contributed by atoms with van der Waals surface area (Å²) in [6.45, 7) is 2.16. The molecule has 84 valence electrons.